The van der Waals surface area contributed by atoms with E-state index in [0.717, 1.165) is 30.6 Å². The second-order valence-electron chi connectivity index (χ2n) is 4.97. The Labute approximate surface area is 107 Å². The summed E-state index contributed by atoms with van der Waals surface area (Å²) in [7, 11) is 1.76. The first kappa shape index (κ1) is 11.8. The topological polar surface area (TPSA) is 39.7 Å². The Kier molecular flexibility index (Phi) is 3.39. The summed E-state index contributed by atoms with van der Waals surface area (Å²) in [6.45, 7) is 1.97. The number of hydrogen-bond donors (Lipinski definition) is 1. The van der Waals surface area contributed by atoms with Gasteiger partial charge in [0.15, 0.2) is 11.5 Å². The molecule has 1 aliphatic carbocycles. The van der Waals surface area contributed by atoms with Crippen molar-refractivity contribution in [1.82, 2.24) is 5.32 Å². The van der Waals surface area contributed by atoms with Crippen LogP contribution in [0.4, 0.5) is 0 Å². The molecule has 1 aromatic carbocycles. The van der Waals surface area contributed by atoms with Crippen LogP contribution in [-0.2, 0) is 11.3 Å². The van der Waals surface area contributed by atoms with Crippen LogP contribution in [0.1, 0.15) is 18.4 Å². The summed E-state index contributed by atoms with van der Waals surface area (Å²) in [6.07, 6.45) is 2.64. The molecule has 1 aliphatic heterocycles. The lowest BCUT2D eigenvalue weighted by Gasteiger charge is -2.17. The van der Waals surface area contributed by atoms with Gasteiger partial charge in [0.05, 0.1) is 6.61 Å². The molecule has 4 nitrogen and oxygen atoms in total. The number of methoxy groups -OCH3 is 1. The van der Waals surface area contributed by atoms with Gasteiger partial charge in [-0.15, -0.1) is 0 Å². The van der Waals surface area contributed by atoms with Crippen molar-refractivity contribution in [1.29, 1.82) is 0 Å². The molecule has 2 aliphatic rings. The molecule has 1 aromatic rings. The van der Waals surface area contributed by atoms with E-state index in [4.69, 9.17) is 14.2 Å². The maximum atomic E-state index is 5.38. The van der Waals surface area contributed by atoms with Crippen molar-refractivity contribution in [2.75, 3.05) is 20.5 Å². The summed E-state index contributed by atoms with van der Waals surface area (Å²) in [4.78, 5) is 0. The zero-order valence-corrected chi connectivity index (χ0v) is 10.6. The molecule has 1 N–H and O–H groups in total. The normalized spacial score (nSPS) is 18.9. The first-order valence-electron chi connectivity index (χ1n) is 6.47. The van der Waals surface area contributed by atoms with Gasteiger partial charge in [-0.05, 0) is 36.5 Å². The standard InChI is InChI=1S/C14H19NO3/c1-16-8-12(11-3-4-11)15-7-10-2-5-13-14(6-10)18-9-17-13/h2,5-6,11-12,15H,3-4,7-9H2,1H3. The third-order valence-corrected chi connectivity index (χ3v) is 3.54. The molecule has 0 bridgehead atoms. The van der Waals surface area contributed by atoms with Crippen molar-refractivity contribution in [3.63, 3.8) is 0 Å². The molecular formula is C14H19NO3. The van der Waals surface area contributed by atoms with Gasteiger partial charge in [-0.2, -0.15) is 0 Å². The minimum Gasteiger partial charge on any atom is -0.454 e. The smallest absolute Gasteiger partial charge is 0.231 e. The van der Waals surface area contributed by atoms with E-state index in [1.165, 1.54) is 18.4 Å². The quantitative estimate of drug-likeness (QED) is 0.836. The molecule has 0 amide bonds. The maximum absolute atomic E-state index is 5.38. The zero-order valence-electron chi connectivity index (χ0n) is 10.6. The van der Waals surface area contributed by atoms with Crippen molar-refractivity contribution in [2.45, 2.75) is 25.4 Å². The Morgan fingerprint density at radius 3 is 2.94 bits per heavy atom. The van der Waals surface area contributed by atoms with Crippen LogP contribution in [0.3, 0.4) is 0 Å². The van der Waals surface area contributed by atoms with Crippen molar-refractivity contribution >= 4 is 0 Å². The summed E-state index contributed by atoms with van der Waals surface area (Å²) >= 11 is 0. The van der Waals surface area contributed by atoms with Gasteiger partial charge in [0, 0.05) is 19.7 Å². The molecule has 1 atom stereocenters. The molecule has 0 aromatic heterocycles. The summed E-state index contributed by atoms with van der Waals surface area (Å²) in [6, 6.07) is 6.57. The summed E-state index contributed by atoms with van der Waals surface area (Å²) in [5, 5.41) is 3.57. The van der Waals surface area contributed by atoms with Crippen molar-refractivity contribution in [3.8, 4) is 11.5 Å². The van der Waals surface area contributed by atoms with Gasteiger partial charge in [0.1, 0.15) is 0 Å². The molecule has 0 spiro atoms. The van der Waals surface area contributed by atoms with Crippen molar-refractivity contribution in [3.05, 3.63) is 23.8 Å². The number of hydrogen-bond acceptors (Lipinski definition) is 4. The Balaban J connectivity index is 1.58. The summed E-state index contributed by atoms with van der Waals surface area (Å²) in [5.74, 6) is 2.48. The maximum Gasteiger partial charge on any atom is 0.231 e. The molecule has 0 radical (unpaired) electrons. The molecule has 1 fully saturated rings. The highest BCUT2D eigenvalue weighted by molar-refractivity contribution is 5.44. The largest absolute Gasteiger partial charge is 0.454 e. The second kappa shape index (κ2) is 5.16. The molecule has 1 saturated carbocycles. The number of benzene rings is 1. The van der Waals surface area contributed by atoms with Gasteiger partial charge in [-0.3, -0.25) is 0 Å². The summed E-state index contributed by atoms with van der Waals surface area (Å²) in [5.41, 5.74) is 1.22. The predicted octanol–water partition coefficient (Wildman–Crippen LogP) is 1.93. The van der Waals surface area contributed by atoms with Gasteiger partial charge in [-0.1, -0.05) is 6.07 Å². The minimum absolute atomic E-state index is 0.334. The van der Waals surface area contributed by atoms with E-state index in [0.29, 0.717) is 12.8 Å². The summed E-state index contributed by atoms with van der Waals surface area (Å²) < 4.78 is 15.9. The number of fused-ring (bicyclic) bond motifs is 1. The fourth-order valence-electron chi connectivity index (χ4n) is 2.34. The van der Waals surface area contributed by atoms with E-state index in [1.807, 2.05) is 12.1 Å². The van der Waals surface area contributed by atoms with E-state index in [9.17, 15) is 0 Å². The highest BCUT2D eigenvalue weighted by atomic mass is 16.7. The van der Waals surface area contributed by atoms with Gasteiger partial charge in [-0.25, -0.2) is 0 Å². The minimum atomic E-state index is 0.334. The van der Waals surface area contributed by atoms with E-state index >= 15 is 0 Å². The van der Waals surface area contributed by atoms with Gasteiger partial charge in [0.2, 0.25) is 6.79 Å². The third kappa shape index (κ3) is 2.60. The predicted molar refractivity (Wildman–Crippen MR) is 67.8 cm³/mol. The van der Waals surface area contributed by atoms with Crippen LogP contribution >= 0.6 is 0 Å². The number of ether oxygens (including phenoxy) is 3. The lowest BCUT2D eigenvalue weighted by molar-refractivity contribution is 0.157. The highest BCUT2D eigenvalue weighted by Crippen LogP contribution is 2.34. The molecule has 0 saturated heterocycles. The average Bonchev–Trinajstić information content (AvgIpc) is 3.12. The highest BCUT2D eigenvalue weighted by Gasteiger charge is 2.30. The second-order valence-corrected chi connectivity index (χ2v) is 4.97. The van der Waals surface area contributed by atoms with E-state index in [-0.39, 0.29) is 0 Å². The number of rotatable bonds is 6. The van der Waals surface area contributed by atoms with Crippen LogP contribution in [0.15, 0.2) is 18.2 Å². The van der Waals surface area contributed by atoms with Gasteiger partial charge in [0.25, 0.3) is 0 Å². The van der Waals surface area contributed by atoms with Crippen LogP contribution < -0.4 is 14.8 Å². The van der Waals surface area contributed by atoms with E-state index < -0.39 is 0 Å². The van der Waals surface area contributed by atoms with Crippen LogP contribution in [0, 0.1) is 5.92 Å². The van der Waals surface area contributed by atoms with Crippen molar-refractivity contribution < 1.29 is 14.2 Å². The van der Waals surface area contributed by atoms with E-state index in [2.05, 4.69) is 11.4 Å². The number of nitrogens with one attached hydrogen (secondary N) is 1. The third-order valence-electron chi connectivity index (χ3n) is 3.54. The van der Waals surface area contributed by atoms with Crippen LogP contribution in [0.5, 0.6) is 11.5 Å². The first-order valence-corrected chi connectivity index (χ1v) is 6.47. The van der Waals surface area contributed by atoms with Crippen molar-refractivity contribution in [2.24, 2.45) is 5.92 Å². The molecular weight excluding hydrogens is 230 g/mol. The molecule has 1 unspecified atom stereocenters. The molecule has 98 valence electrons. The van der Waals surface area contributed by atoms with Gasteiger partial charge >= 0.3 is 0 Å². The van der Waals surface area contributed by atoms with Crippen LogP contribution in [0.25, 0.3) is 0 Å². The van der Waals surface area contributed by atoms with Gasteiger partial charge < -0.3 is 19.5 Å². The Hall–Kier alpha value is -1.26. The molecule has 3 rings (SSSR count). The Morgan fingerprint density at radius 1 is 1.33 bits per heavy atom. The molecule has 1 heterocycles. The Bertz CT molecular complexity index is 418. The fraction of sp³-hybridized carbons (Fsp3) is 0.571. The SMILES string of the molecule is COCC(NCc1ccc2c(c1)OCO2)C1CC1. The molecule has 18 heavy (non-hydrogen) atoms. The monoisotopic (exact) mass is 249 g/mol. The van der Waals surface area contributed by atoms with E-state index in [1.54, 1.807) is 7.11 Å². The lowest BCUT2D eigenvalue weighted by Crippen LogP contribution is -2.34. The molecule has 4 heteroatoms. The Morgan fingerprint density at radius 2 is 2.17 bits per heavy atom. The fourth-order valence-corrected chi connectivity index (χ4v) is 2.34. The lowest BCUT2D eigenvalue weighted by atomic mass is 10.1. The zero-order chi connectivity index (χ0) is 12.4. The van der Waals surface area contributed by atoms with Crippen LogP contribution in [-0.4, -0.2) is 26.6 Å². The van der Waals surface area contributed by atoms with Crippen LogP contribution in [0.2, 0.25) is 0 Å². The first-order chi connectivity index (χ1) is 8.86. The average molecular weight is 249 g/mol.